The zero-order chi connectivity index (χ0) is 20.9. The molecule has 1 aromatic rings. The van der Waals surface area contributed by atoms with Crippen molar-refractivity contribution in [3.63, 3.8) is 0 Å². The Labute approximate surface area is 176 Å². The van der Waals surface area contributed by atoms with Gasteiger partial charge in [-0.15, -0.1) is 0 Å². The number of rotatable bonds is 4. The Morgan fingerprint density at radius 2 is 1.77 bits per heavy atom. The molecular formula is C21H30N6O3. The highest BCUT2D eigenvalue weighted by Gasteiger charge is 2.52. The van der Waals surface area contributed by atoms with Gasteiger partial charge in [0, 0.05) is 24.9 Å². The first-order valence-corrected chi connectivity index (χ1v) is 11.3. The Hall–Kier alpha value is -2.45. The third-order valence-corrected chi connectivity index (χ3v) is 7.36. The summed E-state index contributed by atoms with van der Waals surface area (Å²) in [7, 11) is 0. The van der Waals surface area contributed by atoms with Gasteiger partial charge in [-0.3, -0.25) is 19.6 Å². The van der Waals surface area contributed by atoms with E-state index in [1.807, 2.05) is 0 Å². The molecule has 3 heterocycles. The standard InChI is InChI=1S/C21H30N6O3/c1-13-4-8-21(9-5-13)19(29)27(20(30)23-21)12-16(28)26-10-6-15(7-11-26)18-22-17(24-25-18)14-2-3-14/h13-15H,2-12H2,1H3,(H,23,30)(H,22,24,25). The molecule has 0 radical (unpaired) electrons. The number of aromatic amines is 1. The molecule has 1 spiro atoms. The number of hydrogen-bond donors (Lipinski definition) is 2. The van der Waals surface area contributed by atoms with Gasteiger partial charge in [-0.1, -0.05) is 6.92 Å². The topological polar surface area (TPSA) is 111 Å². The average molecular weight is 415 g/mol. The van der Waals surface area contributed by atoms with Crippen LogP contribution in [0.15, 0.2) is 0 Å². The van der Waals surface area contributed by atoms with Crippen LogP contribution in [-0.2, 0) is 9.59 Å². The van der Waals surface area contributed by atoms with Crippen LogP contribution in [0, 0.1) is 5.92 Å². The van der Waals surface area contributed by atoms with Gasteiger partial charge >= 0.3 is 6.03 Å². The maximum Gasteiger partial charge on any atom is 0.325 e. The number of hydrogen-bond acceptors (Lipinski definition) is 5. The molecule has 162 valence electrons. The summed E-state index contributed by atoms with van der Waals surface area (Å²) in [4.78, 5) is 45.8. The minimum atomic E-state index is -0.789. The van der Waals surface area contributed by atoms with Gasteiger partial charge in [0.15, 0.2) is 5.82 Å². The van der Waals surface area contributed by atoms with Crippen molar-refractivity contribution < 1.29 is 14.4 Å². The highest BCUT2D eigenvalue weighted by molar-refractivity contribution is 6.09. The molecule has 1 aromatic heterocycles. The molecule has 9 heteroatoms. The van der Waals surface area contributed by atoms with Crippen molar-refractivity contribution in [2.24, 2.45) is 5.92 Å². The van der Waals surface area contributed by atoms with Gasteiger partial charge in [-0.25, -0.2) is 9.78 Å². The number of urea groups is 1. The first kappa shape index (κ1) is 19.5. The fraction of sp³-hybridized carbons (Fsp3) is 0.762. The van der Waals surface area contributed by atoms with Gasteiger partial charge in [0.1, 0.15) is 17.9 Å². The number of aromatic nitrogens is 3. The lowest BCUT2D eigenvalue weighted by Gasteiger charge is -2.34. The molecule has 2 saturated heterocycles. The molecule has 4 amide bonds. The number of nitrogens with zero attached hydrogens (tertiary/aromatic N) is 4. The number of nitrogens with one attached hydrogen (secondary N) is 2. The molecule has 0 aromatic carbocycles. The third-order valence-electron chi connectivity index (χ3n) is 7.36. The lowest BCUT2D eigenvalue weighted by molar-refractivity contribution is -0.140. The number of likely N-dealkylation sites (tertiary alicyclic amines) is 1. The van der Waals surface area contributed by atoms with E-state index in [0.717, 1.165) is 42.2 Å². The molecule has 4 aliphatic rings. The van der Waals surface area contributed by atoms with Crippen LogP contribution >= 0.6 is 0 Å². The zero-order valence-electron chi connectivity index (χ0n) is 17.5. The number of imide groups is 1. The second kappa shape index (κ2) is 7.35. The first-order chi connectivity index (χ1) is 14.4. The maximum atomic E-state index is 13.0. The van der Waals surface area contributed by atoms with Crippen LogP contribution in [0.3, 0.4) is 0 Å². The van der Waals surface area contributed by atoms with Gasteiger partial charge in [-0.05, 0) is 57.3 Å². The Kier molecular flexibility index (Phi) is 4.78. The summed E-state index contributed by atoms with van der Waals surface area (Å²) in [5.41, 5.74) is -0.789. The van der Waals surface area contributed by atoms with Gasteiger partial charge < -0.3 is 10.2 Å². The molecular weight excluding hydrogens is 384 g/mol. The number of carbonyl (C=O) groups excluding carboxylic acids is 3. The molecule has 0 atom stereocenters. The number of piperidine rings is 1. The van der Waals surface area contributed by atoms with Gasteiger partial charge in [0.05, 0.1) is 0 Å². The lowest BCUT2D eigenvalue weighted by Crippen LogP contribution is -2.50. The normalized spacial score (nSPS) is 30.2. The van der Waals surface area contributed by atoms with Gasteiger partial charge in [0.2, 0.25) is 5.91 Å². The summed E-state index contributed by atoms with van der Waals surface area (Å²) in [6.07, 6.45) is 7.14. The van der Waals surface area contributed by atoms with Crippen LogP contribution in [0.2, 0.25) is 0 Å². The van der Waals surface area contributed by atoms with Crippen LogP contribution in [-0.4, -0.2) is 68.0 Å². The molecule has 0 bridgehead atoms. The molecule has 2 aliphatic heterocycles. The van der Waals surface area contributed by atoms with Crippen molar-refractivity contribution >= 4 is 17.8 Å². The van der Waals surface area contributed by atoms with E-state index in [4.69, 9.17) is 0 Å². The van der Waals surface area contributed by atoms with Crippen molar-refractivity contribution in [2.75, 3.05) is 19.6 Å². The Bertz CT molecular complexity index is 847. The van der Waals surface area contributed by atoms with Crippen LogP contribution in [0.5, 0.6) is 0 Å². The molecule has 30 heavy (non-hydrogen) atoms. The fourth-order valence-electron chi connectivity index (χ4n) is 5.05. The minimum absolute atomic E-state index is 0.158. The molecule has 2 aliphatic carbocycles. The molecule has 9 nitrogen and oxygen atoms in total. The van der Waals surface area contributed by atoms with E-state index >= 15 is 0 Å². The summed E-state index contributed by atoms with van der Waals surface area (Å²) < 4.78 is 0. The Morgan fingerprint density at radius 3 is 2.43 bits per heavy atom. The van der Waals surface area contributed by atoms with E-state index in [2.05, 4.69) is 27.4 Å². The highest BCUT2D eigenvalue weighted by atomic mass is 16.2. The molecule has 2 saturated carbocycles. The highest BCUT2D eigenvalue weighted by Crippen LogP contribution is 2.39. The maximum absolute atomic E-state index is 13.0. The largest absolute Gasteiger partial charge is 0.341 e. The van der Waals surface area contributed by atoms with Crippen LogP contribution in [0.1, 0.15) is 81.8 Å². The minimum Gasteiger partial charge on any atom is -0.341 e. The zero-order valence-corrected chi connectivity index (χ0v) is 17.5. The van der Waals surface area contributed by atoms with Gasteiger partial charge in [-0.2, -0.15) is 5.10 Å². The van der Waals surface area contributed by atoms with Crippen molar-refractivity contribution in [3.8, 4) is 0 Å². The first-order valence-electron chi connectivity index (χ1n) is 11.3. The van der Waals surface area contributed by atoms with Crippen molar-refractivity contribution in [1.29, 1.82) is 0 Å². The third kappa shape index (κ3) is 3.48. The SMILES string of the molecule is CC1CCC2(CC1)NC(=O)N(CC(=O)N1CCC(c3nc(C4CC4)n[nH]3)CC1)C2=O. The summed E-state index contributed by atoms with van der Waals surface area (Å²) in [5.74, 6) is 2.84. The number of amides is 4. The summed E-state index contributed by atoms with van der Waals surface area (Å²) >= 11 is 0. The second-order valence-electron chi connectivity index (χ2n) is 9.59. The Morgan fingerprint density at radius 1 is 1.07 bits per heavy atom. The molecule has 2 N–H and O–H groups in total. The predicted octanol–water partition coefficient (Wildman–Crippen LogP) is 1.89. The second-order valence-corrected chi connectivity index (χ2v) is 9.59. The summed E-state index contributed by atoms with van der Waals surface area (Å²) in [6, 6.07) is -0.424. The predicted molar refractivity (Wildman–Crippen MR) is 108 cm³/mol. The van der Waals surface area contributed by atoms with E-state index in [1.165, 1.54) is 12.8 Å². The quantitative estimate of drug-likeness (QED) is 0.731. The molecule has 4 fully saturated rings. The monoisotopic (exact) mass is 414 g/mol. The number of carbonyl (C=O) groups is 3. The Balaban J connectivity index is 1.16. The molecule has 5 rings (SSSR count). The molecule has 0 unspecified atom stereocenters. The average Bonchev–Trinajstić information content (AvgIpc) is 3.44. The van der Waals surface area contributed by atoms with Crippen molar-refractivity contribution in [2.45, 2.75) is 75.7 Å². The smallest absolute Gasteiger partial charge is 0.325 e. The van der Waals surface area contributed by atoms with Crippen molar-refractivity contribution in [3.05, 3.63) is 11.6 Å². The lowest BCUT2D eigenvalue weighted by atomic mass is 9.77. The van der Waals surface area contributed by atoms with E-state index in [1.54, 1.807) is 4.90 Å². The van der Waals surface area contributed by atoms with Crippen LogP contribution < -0.4 is 5.32 Å². The van der Waals surface area contributed by atoms with E-state index in [-0.39, 0.29) is 24.3 Å². The fourth-order valence-corrected chi connectivity index (χ4v) is 5.05. The van der Waals surface area contributed by atoms with Gasteiger partial charge in [0.25, 0.3) is 5.91 Å². The van der Waals surface area contributed by atoms with E-state index in [9.17, 15) is 14.4 Å². The summed E-state index contributed by atoms with van der Waals surface area (Å²) in [6.45, 7) is 3.22. The van der Waals surface area contributed by atoms with Crippen molar-refractivity contribution in [1.82, 2.24) is 30.3 Å². The van der Waals surface area contributed by atoms with E-state index in [0.29, 0.717) is 37.8 Å². The van der Waals surface area contributed by atoms with Crippen LogP contribution in [0.4, 0.5) is 4.79 Å². The number of H-pyrrole nitrogens is 1. The van der Waals surface area contributed by atoms with E-state index < -0.39 is 11.6 Å². The summed E-state index contributed by atoms with van der Waals surface area (Å²) in [5, 5.41) is 10.3. The van der Waals surface area contributed by atoms with Crippen LogP contribution in [0.25, 0.3) is 0 Å².